The lowest BCUT2D eigenvalue weighted by atomic mass is 9.95. The van der Waals surface area contributed by atoms with Crippen molar-refractivity contribution in [2.75, 3.05) is 94.3 Å². The molecule has 1 saturated heterocycles. The molecule has 3 amide bonds. The molecule has 4 N–H and O–H groups in total. The van der Waals surface area contributed by atoms with Crippen LogP contribution in [0.15, 0.2) is 127 Å². The van der Waals surface area contributed by atoms with Gasteiger partial charge in [-0.25, -0.2) is 19.9 Å². The number of ether oxygens (including phenoxy) is 4. The molecule has 7 aromatic rings. The lowest BCUT2D eigenvalue weighted by molar-refractivity contribution is -0.141. The number of piperidine rings is 1. The van der Waals surface area contributed by atoms with Gasteiger partial charge in [0.1, 0.15) is 18.2 Å². The molecule has 74 heavy (non-hydrogen) atoms. The van der Waals surface area contributed by atoms with E-state index in [-0.39, 0.29) is 75.3 Å². The fraction of sp³-hybridized carbons (Fsp3) is 0.283. The maximum absolute atomic E-state index is 14.4. The number of hydrogen-bond donors (Lipinski definition) is 4. The Balaban J connectivity index is 0.814. The molecular weight excluding hydrogens is 949 g/mol. The number of aromatic nitrogens is 6. The zero-order valence-electron chi connectivity index (χ0n) is 41.2. The van der Waals surface area contributed by atoms with Crippen LogP contribution in [0.25, 0.3) is 22.2 Å². The first-order valence-corrected chi connectivity index (χ1v) is 23.9. The van der Waals surface area contributed by atoms with E-state index >= 15 is 0 Å². The summed E-state index contributed by atoms with van der Waals surface area (Å²) < 4.78 is 23.4. The molecule has 0 bridgehead atoms. The summed E-state index contributed by atoms with van der Waals surface area (Å²) in [5, 5.41) is 14.0. The number of methoxy groups -OCH3 is 2. The van der Waals surface area contributed by atoms with Crippen molar-refractivity contribution >= 4 is 68.8 Å². The summed E-state index contributed by atoms with van der Waals surface area (Å²) in [5.41, 5.74) is 3.28. The second-order valence-electron chi connectivity index (χ2n) is 16.9. The summed E-state index contributed by atoms with van der Waals surface area (Å²) in [6.07, 6.45) is 12.8. The molecule has 6 heterocycles. The van der Waals surface area contributed by atoms with Gasteiger partial charge < -0.3 is 54.6 Å². The molecule has 8 rings (SSSR count). The van der Waals surface area contributed by atoms with Crippen LogP contribution in [-0.2, 0) is 30.3 Å². The third-order valence-corrected chi connectivity index (χ3v) is 12.1. The van der Waals surface area contributed by atoms with Crippen LogP contribution in [0, 0.1) is 5.92 Å². The third-order valence-electron chi connectivity index (χ3n) is 12.1. The van der Waals surface area contributed by atoms with E-state index in [0.29, 0.717) is 64.4 Å². The van der Waals surface area contributed by atoms with E-state index in [0.717, 1.165) is 29.4 Å². The van der Waals surface area contributed by atoms with Gasteiger partial charge >= 0.3 is 5.97 Å². The van der Waals surface area contributed by atoms with Crippen LogP contribution in [0.2, 0.25) is 0 Å². The third kappa shape index (κ3) is 12.8. The lowest BCUT2D eigenvalue weighted by Crippen LogP contribution is -2.46. The molecule has 0 unspecified atom stereocenters. The number of pyridine rings is 4. The van der Waals surface area contributed by atoms with Crippen molar-refractivity contribution in [3.05, 3.63) is 144 Å². The van der Waals surface area contributed by atoms with Gasteiger partial charge in [-0.05, 0) is 49.2 Å². The standard InChI is InChI=1S/C53H56N12O9/c1-54-52(69)41-30-60-46(27-43(41)61-42-13-6-12-40(49(42)72-3)50-56-18-8-19-57-50)62-45-16-14-36(29-59-45)51(68)58-20-23-73-25-26-74-24-22-65(38-15-17-47(66)64(33-38)34-48(67)71-2)53(70)37-10-7-21-63(32-37)44-31-55-28-35-9-4-5-11-39(35)44/h4-6,8-9,11-19,27-31,33,37H,7,10,20-26,32,34H2,1-3H3,(H,54,69)(H,58,68)(H2,59,60,61,62)/t37-/m0/s1. The second kappa shape index (κ2) is 25.0. The van der Waals surface area contributed by atoms with Crippen LogP contribution in [0.3, 0.4) is 0 Å². The molecule has 1 aliphatic heterocycles. The van der Waals surface area contributed by atoms with Gasteiger partial charge in [-0.2, -0.15) is 0 Å². The molecule has 1 atom stereocenters. The fourth-order valence-corrected chi connectivity index (χ4v) is 8.45. The number of benzene rings is 2. The Morgan fingerprint density at radius 3 is 2.38 bits per heavy atom. The number of carbonyl (C=O) groups is 4. The Labute approximate surface area is 426 Å². The number of fused-ring (bicyclic) bond motifs is 1. The number of nitrogens with zero attached hydrogens (tertiary/aromatic N) is 8. The van der Waals surface area contributed by atoms with E-state index in [1.165, 1.54) is 43.4 Å². The first-order valence-electron chi connectivity index (χ1n) is 23.9. The average Bonchev–Trinajstić information content (AvgIpc) is 3.44. The molecule has 382 valence electrons. The van der Waals surface area contributed by atoms with E-state index < -0.39 is 11.5 Å². The van der Waals surface area contributed by atoms with Gasteiger partial charge in [-0.1, -0.05) is 30.3 Å². The molecule has 1 fully saturated rings. The van der Waals surface area contributed by atoms with E-state index in [1.807, 2.05) is 48.8 Å². The predicted octanol–water partition coefficient (Wildman–Crippen LogP) is 5.38. The van der Waals surface area contributed by atoms with Crippen LogP contribution in [0.5, 0.6) is 5.75 Å². The zero-order valence-corrected chi connectivity index (χ0v) is 41.2. The van der Waals surface area contributed by atoms with Crippen molar-refractivity contribution in [2.24, 2.45) is 5.92 Å². The molecule has 1 aliphatic rings. The predicted molar refractivity (Wildman–Crippen MR) is 278 cm³/mol. The maximum Gasteiger partial charge on any atom is 0.325 e. The highest BCUT2D eigenvalue weighted by molar-refractivity contribution is 6.01. The van der Waals surface area contributed by atoms with Gasteiger partial charge in [0.2, 0.25) is 5.91 Å². The highest BCUT2D eigenvalue weighted by Gasteiger charge is 2.31. The van der Waals surface area contributed by atoms with E-state index in [9.17, 15) is 24.0 Å². The SMILES string of the molecule is CNC(=O)c1cnc(Nc2ccc(C(=O)NCCOCCOCCN(C(=O)[C@H]3CCCN(c4cncc5ccccc45)C3)c3ccc(=O)n(CC(=O)OC)c3)cn2)cc1Nc1cccc(-c2ncccn2)c1OC. The van der Waals surface area contributed by atoms with Crippen LogP contribution in [-0.4, -0.2) is 127 Å². The quantitative estimate of drug-likeness (QED) is 0.0491. The molecular formula is C53H56N12O9. The molecule has 2 aromatic carbocycles. The van der Waals surface area contributed by atoms with E-state index in [1.54, 1.807) is 54.7 Å². The largest absolute Gasteiger partial charge is 0.494 e. The monoisotopic (exact) mass is 1000 g/mol. The smallest absolute Gasteiger partial charge is 0.325 e. The first-order chi connectivity index (χ1) is 36.1. The Hall–Kier alpha value is -8.82. The van der Waals surface area contributed by atoms with Crippen LogP contribution in [0.4, 0.5) is 34.4 Å². The summed E-state index contributed by atoms with van der Waals surface area (Å²) in [4.78, 5) is 90.9. The van der Waals surface area contributed by atoms with Crippen molar-refractivity contribution in [3.63, 3.8) is 0 Å². The Bertz CT molecular complexity index is 3140. The van der Waals surface area contributed by atoms with Gasteiger partial charge in [0.15, 0.2) is 11.6 Å². The Kier molecular flexibility index (Phi) is 17.4. The Morgan fingerprint density at radius 2 is 1.59 bits per heavy atom. The van der Waals surface area contributed by atoms with Gasteiger partial charge in [0.05, 0.1) is 92.2 Å². The van der Waals surface area contributed by atoms with Crippen molar-refractivity contribution in [3.8, 4) is 17.1 Å². The molecule has 0 saturated carbocycles. The van der Waals surface area contributed by atoms with Crippen LogP contribution >= 0.6 is 0 Å². The molecule has 0 spiro atoms. The molecule has 21 heteroatoms. The van der Waals surface area contributed by atoms with E-state index in [2.05, 4.69) is 57.2 Å². The van der Waals surface area contributed by atoms with Crippen molar-refractivity contribution in [1.29, 1.82) is 0 Å². The van der Waals surface area contributed by atoms with E-state index in [4.69, 9.17) is 18.9 Å². The van der Waals surface area contributed by atoms with Crippen molar-refractivity contribution < 1.29 is 38.1 Å². The summed E-state index contributed by atoms with van der Waals surface area (Å²) >= 11 is 0. The van der Waals surface area contributed by atoms with Crippen molar-refractivity contribution in [2.45, 2.75) is 19.4 Å². The van der Waals surface area contributed by atoms with Gasteiger partial charge in [-0.3, -0.25) is 29.0 Å². The first kappa shape index (κ1) is 51.5. The minimum atomic E-state index is -0.594. The highest BCUT2D eigenvalue weighted by atomic mass is 16.5. The minimum Gasteiger partial charge on any atom is -0.494 e. The number of hydrogen-bond acceptors (Lipinski definition) is 17. The topological polar surface area (TPSA) is 246 Å². The maximum atomic E-state index is 14.4. The number of carbonyl (C=O) groups excluding carboxylic acids is 4. The summed E-state index contributed by atoms with van der Waals surface area (Å²) in [6, 6.07) is 23.1. The van der Waals surface area contributed by atoms with Crippen LogP contribution < -0.4 is 41.4 Å². The van der Waals surface area contributed by atoms with Gasteiger partial charge in [0.25, 0.3) is 17.4 Å². The van der Waals surface area contributed by atoms with Crippen LogP contribution in [0.1, 0.15) is 33.6 Å². The van der Waals surface area contributed by atoms with Gasteiger partial charge in [-0.15, -0.1) is 0 Å². The fourth-order valence-electron chi connectivity index (χ4n) is 8.45. The molecule has 0 radical (unpaired) electrons. The molecule has 5 aromatic heterocycles. The Morgan fingerprint density at radius 1 is 0.784 bits per heavy atom. The van der Waals surface area contributed by atoms with Gasteiger partial charge in [0, 0.05) is 93.3 Å². The number of rotatable bonds is 22. The normalized spacial score (nSPS) is 13.2. The number of anilines is 6. The highest BCUT2D eigenvalue weighted by Crippen LogP contribution is 2.38. The lowest BCUT2D eigenvalue weighted by Gasteiger charge is -2.36. The second-order valence-corrected chi connectivity index (χ2v) is 16.9. The number of nitrogens with one attached hydrogen (secondary N) is 4. The summed E-state index contributed by atoms with van der Waals surface area (Å²) in [5.74, 6) is -0.0540. The number of amides is 3. The number of esters is 1. The molecule has 21 nitrogen and oxygen atoms in total. The summed E-state index contributed by atoms with van der Waals surface area (Å²) in [6.45, 7) is 2.16. The number of para-hydroxylation sites is 1. The average molecular weight is 1010 g/mol. The van der Waals surface area contributed by atoms with Crippen molar-refractivity contribution in [1.82, 2.24) is 40.1 Å². The minimum absolute atomic E-state index is 0.129. The summed E-state index contributed by atoms with van der Waals surface area (Å²) in [7, 11) is 4.32. The molecule has 0 aliphatic carbocycles. The zero-order chi connectivity index (χ0) is 51.8.